The third-order valence-electron chi connectivity index (χ3n) is 1.55. The molecule has 0 saturated carbocycles. The largest absolute Gasteiger partial charge is 0.374 e. The monoisotopic (exact) mass is 197 g/mol. The Balaban J connectivity index is 2.26. The molecule has 1 aromatic rings. The second-order valence-electron chi connectivity index (χ2n) is 2.42. The molecule has 1 aliphatic heterocycles. The van der Waals surface area contributed by atoms with E-state index < -0.39 is 6.03 Å². The molecule has 1 aromatic carbocycles. The number of anilines is 1. The van der Waals surface area contributed by atoms with Crippen molar-refractivity contribution < 1.29 is 4.79 Å². The van der Waals surface area contributed by atoms with Crippen LogP contribution in [0.1, 0.15) is 0 Å². The van der Waals surface area contributed by atoms with E-state index in [1.54, 1.807) is 18.2 Å². The molecule has 2 rings (SSSR count). The highest BCUT2D eigenvalue weighted by Gasteiger charge is 2.20. The van der Waals surface area contributed by atoms with Crippen LogP contribution in [0, 0.1) is 0 Å². The van der Waals surface area contributed by atoms with Crippen molar-refractivity contribution in [2.75, 3.05) is 5.12 Å². The SMILES string of the molecule is O=C1[N]NN(c2ccccc2Cl)N1. The average molecular weight is 198 g/mol. The number of halogens is 1. The summed E-state index contributed by atoms with van der Waals surface area (Å²) in [7, 11) is 0. The van der Waals surface area contributed by atoms with E-state index in [0.29, 0.717) is 10.7 Å². The number of hydrazine groups is 2. The molecule has 0 aromatic heterocycles. The Morgan fingerprint density at radius 2 is 2.15 bits per heavy atom. The maximum Gasteiger partial charge on any atom is 0.374 e. The highest BCUT2D eigenvalue weighted by Crippen LogP contribution is 2.23. The maximum atomic E-state index is 10.7. The van der Waals surface area contributed by atoms with E-state index in [2.05, 4.69) is 16.4 Å². The molecule has 0 aliphatic carbocycles. The third-order valence-corrected chi connectivity index (χ3v) is 1.87. The van der Waals surface area contributed by atoms with Gasteiger partial charge in [0.1, 0.15) is 0 Å². The minimum Gasteiger partial charge on any atom is -0.243 e. The molecule has 1 heterocycles. The van der Waals surface area contributed by atoms with Crippen molar-refractivity contribution in [3.05, 3.63) is 29.3 Å². The number of urea groups is 1. The van der Waals surface area contributed by atoms with E-state index in [1.807, 2.05) is 6.07 Å². The van der Waals surface area contributed by atoms with Gasteiger partial charge in [-0.3, -0.25) is 0 Å². The predicted octanol–water partition coefficient (Wildman–Crippen LogP) is 0.809. The Morgan fingerprint density at radius 1 is 1.38 bits per heavy atom. The van der Waals surface area contributed by atoms with Gasteiger partial charge in [-0.1, -0.05) is 29.3 Å². The van der Waals surface area contributed by atoms with Crippen molar-refractivity contribution in [1.29, 1.82) is 0 Å². The molecule has 1 radical (unpaired) electrons. The summed E-state index contributed by atoms with van der Waals surface area (Å²) in [5.41, 5.74) is 8.97. The van der Waals surface area contributed by atoms with E-state index in [9.17, 15) is 4.79 Å². The molecule has 0 spiro atoms. The number of para-hydroxylation sites is 1. The highest BCUT2D eigenvalue weighted by atomic mass is 35.5. The lowest BCUT2D eigenvalue weighted by Gasteiger charge is -2.15. The van der Waals surface area contributed by atoms with Crippen LogP contribution in [0.3, 0.4) is 0 Å². The molecule has 0 atom stereocenters. The number of carbonyl (C=O) groups is 1. The Kier molecular flexibility index (Phi) is 1.96. The van der Waals surface area contributed by atoms with Gasteiger partial charge in [-0.15, -0.1) is 5.43 Å². The van der Waals surface area contributed by atoms with E-state index in [4.69, 9.17) is 11.6 Å². The summed E-state index contributed by atoms with van der Waals surface area (Å²) < 4.78 is 0. The summed E-state index contributed by atoms with van der Waals surface area (Å²) in [5.74, 6) is 0. The molecule has 6 heteroatoms. The molecule has 67 valence electrons. The zero-order chi connectivity index (χ0) is 9.26. The Morgan fingerprint density at radius 3 is 2.77 bits per heavy atom. The second kappa shape index (κ2) is 3.12. The van der Waals surface area contributed by atoms with Gasteiger partial charge in [0.15, 0.2) is 0 Å². The Bertz CT molecular complexity index is 343. The molecular formula is C7H6ClN4O. The summed E-state index contributed by atoms with van der Waals surface area (Å²) in [5, 5.41) is 1.89. The first kappa shape index (κ1) is 8.15. The molecule has 0 unspecified atom stereocenters. The van der Waals surface area contributed by atoms with Crippen molar-refractivity contribution in [2.24, 2.45) is 0 Å². The first-order valence-corrected chi connectivity index (χ1v) is 3.97. The van der Waals surface area contributed by atoms with Gasteiger partial charge in [-0.25, -0.2) is 10.2 Å². The van der Waals surface area contributed by atoms with Crippen LogP contribution in [0.15, 0.2) is 24.3 Å². The topological polar surface area (TPSA) is 58.5 Å². The fraction of sp³-hybridized carbons (Fsp3) is 0. The molecule has 1 fully saturated rings. The number of benzene rings is 1. The van der Waals surface area contributed by atoms with Gasteiger partial charge >= 0.3 is 6.03 Å². The molecule has 2 N–H and O–H groups in total. The van der Waals surface area contributed by atoms with E-state index in [-0.39, 0.29) is 0 Å². The van der Waals surface area contributed by atoms with Crippen LogP contribution in [-0.4, -0.2) is 6.03 Å². The molecule has 2 amide bonds. The van der Waals surface area contributed by atoms with Crippen molar-refractivity contribution in [3.63, 3.8) is 0 Å². The van der Waals surface area contributed by atoms with Gasteiger partial charge in [-0.05, 0) is 12.1 Å². The number of nitrogens with one attached hydrogen (secondary N) is 2. The lowest BCUT2D eigenvalue weighted by atomic mass is 10.3. The summed E-state index contributed by atoms with van der Waals surface area (Å²) in [6.07, 6.45) is 0. The number of hydrogen-bond acceptors (Lipinski definition) is 3. The number of hydrogen-bond donors (Lipinski definition) is 2. The summed E-state index contributed by atoms with van der Waals surface area (Å²) in [6.45, 7) is 0. The first-order valence-electron chi connectivity index (χ1n) is 3.59. The number of carbonyl (C=O) groups excluding carboxylic acids is 1. The minimum atomic E-state index is -0.445. The number of amides is 2. The van der Waals surface area contributed by atoms with Crippen LogP contribution >= 0.6 is 11.6 Å². The summed E-state index contributed by atoms with van der Waals surface area (Å²) in [4.78, 5) is 10.7. The molecule has 5 nitrogen and oxygen atoms in total. The molecular weight excluding hydrogens is 192 g/mol. The van der Waals surface area contributed by atoms with Crippen LogP contribution in [-0.2, 0) is 0 Å². The zero-order valence-corrected chi connectivity index (χ0v) is 7.25. The van der Waals surface area contributed by atoms with Crippen molar-refractivity contribution in [2.45, 2.75) is 0 Å². The first-order chi connectivity index (χ1) is 6.27. The average Bonchev–Trinajstić information content (AvgIpc) is 2.53. The van der Waals surface area contributed by atoms with Gasteiger partial charge < -0.3 is 0 Å². The minimum absolute atomic E-state index is 0.445. The van der Waals surface area contributed by atoms with Crippen LogP contribution in [0.2, 0.25) is 5.02 Å². The van der Waals surface area contributed by atoms with Gasteiger partial charge in [-0.2, -0.15) is 5.12 Å². The van der Waals surface area contributed by atoms with E-state index in [1.165, 1.54) is 5.12 Å². The van der Waals surface area contributed by atoms with Crippen molar-refractivity contribution >= 4 is 23.3 Å². The van der Waals surface area contributed by atoms with Gasteiger partial charge in [0.25, 0.3) is 0 Å². The number of rotatable bonds is 1. The molecule has 13 heavy (non-hydrogen) atoms. The molecule has 1 aliphatic rings. The molecule has 1 saturated heterocycles. The predicted molar refractivity (Wildman–Crippen MR) is 47.7 cm³/mol. The van der Waals surface area contributed by atoms with E-state index >= 15 is 0 Å². The maximum absolute atomic E-state index is 10.7. The number of nitrogens with zero attached hydrogens (tertiary/aromatic N) is 2. The quantitative estimate of drug-likeness (QED) is 0.701. The molecule has 0 bridgehead atoms. The third kappa shape index (κ3) is 1.51. The fourth-order valence-electron chi connectivity index (χ4n) is 0.988. The van der Waals surface area contributed by atoms with Crippen LogP contribution in [0.5, 0.6) is 0 Å². The lowest BCUT2D eigenvalue weighted by molar-refractivity contribution is 0.246. The van der Waals surface area contributed by atoms with Crippen molar-refractivity contribution in [3.8, 4) is 0 Å². The Labute approximate surface area is 79.6 Å². The van der Waals surface area contributed by atoms with Gasteiger partial charge in [0, 0.05) is 0 Å². The summed E-state index contributed by atoms with van der Waals surface area (Å²) in [6, 6.07) is 6.66. The van der Waals surface area contributed by atoms with Crippen molar-refractivity contribution in [1.82, 2.24) is 16.4 Å². The second-order valence-corrected chi connectivity index (χ2v) is 2.82. The van der Waals surface area contributed by atoms with Crippen LogP contribution in [0.4, 0.5) is 10.5 Å². The van der Waals surface area contributed by atoms with E-state index in [0.717, 1.165) is 0 Å². The highest BCUT2D eigenvalue weighted by molar-refractivity contribution is 6.33. The zero-order valence-electron chi connectivity index (χ0n) is 6.49. The normalized spacial score (nSPS) is 15.5. The van der Waals surface area contributed by atoms with Crippen LogP contribution < -0.4 is 21.5 Å². The standard InChI is InChI=1S/C7H6ClN4O/c8-5-3-1-2-4-6(5)12-10-7(13)9-11-12/h1-4,11H,(H,10,13). The smallest absolute Gasteiger partial charge is 0.243 e. The van der Waals surface area contributed by atoms with Gasteiger partial charge in [0.2, 0.25) is 0 Å². The lowest BCUT2D eigenvalue weighted by Crippen LogP contribution is -2.39. The Hall–Kier alpha value is -1.46. The fourth-order valence-corrected chi connectivity index (χ4v) is 1.21. The van der Waals surface area contributed by atoms with Gasteiger partial charge in [0.05, 0.1) is 10.7 Å². The van der Waals surface area contributed by atoms with Crippen LogP contribution in [0.25, 0.3) is 0 Å². The summed E-state index contributed by atoms with van der Waals surface area (Å²) >= 11 is 5.88.